The van der Waals surface area contributed by atoms with E-state index in [4.69, 9.17) is 24.3 Å². The van der Waals surface area contributed by atoms with Crippen LogP contribution in [0.3, 0.4) is 0 Å². The van der Waals surface area contributed by atoms with E-state index in [0.717, 1.165) is 135 Å². The van der Waals surface area contributed by atoms with E-state index < -0.39 is 32.5 Å². The molecule has 0 saturated heterocycles. The van der Waals surface area contributed by atoms with Crippen molar-refractivity contribution >= 4 is 19.8 Å². The number of carbonyl (C=O) groups is 2. The molecule has 0 aliphatic carbocycles. The standard InChI is InChI=1S/C71H116NO8P/c1-3-5-7-9-11-13-15-17-19-21-23-25-27-28-29-30-31-32-33-34-35-36-37-38-39-40-42-44-46-48-50-52-54-56-58-60-62-64-71(74)80-69(68-79-81(75,76)78-66-65-72)67-77-70(73)63-61-59-57-55-53-51-49-47-45-43-41-26-24-22-20-18-16-14-12-10-8-6-4-2/h5-8,11-14,17-20,23-26,28-29,31-32,34-35,37-38,43,45,69H,3-4,9-10,15-16,21-22,27,30,33,36,39-42,44,46-68,72H2,1-2H3,(H,75,76)/b7-5-,8-6-,13-11-,14-12-,19-17-,20-18-,25-23-,26-24-,29-28-,32-31-,35-34-,38-37-,45-43-. The Kier molecular flexibility index (Phi) is 61.3. The van der Waals surface area contributed by atoms with Crippen LogP contribution < -0.4 is 5.73 Å². The van der Waals surface area contributed by atoms with Gasteiger partial charge in [-0.25, -0.2) is 4.57 Å². The molecular weight excluding hydrogens is 1030 g/mol. The molecule has 81 heavy (non-hydrogen) atoms. The van der Waals surface area contributed by atoms with Crippen molar-refractivity contribution in [1.29, 1.82) is 0 Å². The van der Waals surface area contributed by atoms with Gasteiger partial charge in [0.15, 0.2) is 6.10 Å². The second kappa shape index (κ2) is 64.8. The van der Waals surface area contributed by atoms with Crippen molar-refractivity contribution in [3.05, 3.63) is 158 Å². The average molecular weight is 1140 g/mol. The number of rotatable bonds is 58. The van der Waals surface area contributed by atoms with Crippen LogP contribution in [-0.4, -0.2) is 49.3 Å². The normalized spacial score (nSPS) is 14.1. The predicted octanol–water partition coefficient (Wildman–Crippen LogP) is 20.8. The average Bonchev–Trinajstić information content (AvgIpc) is 3.46. The van der Waals surface area contributed by atoms with Crippen LogP contribution in [0.4, 0.5) is 0 Å². The largest absolute Gasteiger partial charge is 0.472 e. The van der Waals surface area contributed by atoms with Crippen LogP contribution in [0.2, 0.25) is 0 Å². The molecule has 0 aliphatic heterocycles. The Morgan fingerprint density at radius 1 is 0.370 bits per heavy atom. The zero-order valence-electron chi connectivity index (χ0n) is 51.2. The molecule has 2 atom stereocenters. The Bertz CT molecular complexity index is 1880. The van der Waals surface area contributed by atoms with E-state index in [1.807, 2.05) is 0 Å². The molecule has 3 N–H and O–H groups in total. The lowest BCUT2D eigenvalue weighted by Crippen LogP contribution is -2.29. The fourth-order valence-corrected chi connectivity index (χ4v) is 9.03. The van der Waals surface area contributed by atoms with Gasteiger partial charge in [0.25, 0.3) is 0 Å². The van der Waals surface area contributed by atoms with Gasteiger partial charge in [-0.2, -0.15) is 0 Å². The third-order valence-electron chi connectivity index (χ3n) is 12.9. The maximum atomic E-state index is 12.7. The van der Waals surface area contributed by atoms with Gasteiger partial charge >= 0.3 is 19.8 Å². The lowest BCUT2D eigenvalue weighted by Gasteiger charge is -2.19. The molecule has 0 aromatic heterocycles. The summed E-state index contributed by atoms with van der Waals surface area (Å²) in [5, 5.41) is 0. The first kappa shape index (κ1) is 76.6. The molecule has 0 spiro atoms. The van der Waals surface area contributed by atoms with E-state index in [1.54, 1.807) is 0 Å². The molecular formula is C71H116NO8P. The predicted molar refractivity (Wildman–Crippen MR) is 348 cm³/mol. The van der Waals surface area contributed by atoms with Gasteiger partial charge in [0.2, 0.25) is 0 Å². The molecule has 10 heteroatoms. The molecule has 0 fully saturated rings. The molecule has 458 valence electrons. The minimum Gasteiger partial charge on any atom is -0.462 e. The Hall–Kier alpha value is -4.37. The van der Waals surface area contributed by atoms with Crippen molar-refractivity contribution in [3.63, 3.8) is 0 Å². The van der Waals surface area contributed by atoms with Crippen LogP contribution in [0.1, 0.15) is 245 Å². The van der Waals surface area contributed by atoms with Crippen molar-refractivity contribution < 1.29 is 37.6 Å². The summed E-state index contributed by atoms with van der Waals surface area (Å²) in [6.07, 6.45) is 94.5. The zero-order valence-corrected chi connectivity index (χ0v) is 52.1. The van der Waals surface area contributed by atoms with Crippen molar-refractivity contribution in [2.75, 3.05) is 26.4 Å². The van der Waals surface area contributed by atoms with E-state index in [-0.39, 0.29) is 32.6 Å². The molecule has 0 radical (unpaired) electrons. The van der Waals surface area contributed by atoms with Crippen LogP contribution in [0.5, 0.6) is 0 Å². The van der Waals surface area contributed by atoms with Crippen molar-refractivity contribution in [1.82, 2.24) is 0 Å². The maximum Gasteiger partial charge on any atom is 0.472 e. The Balaban J connectivity index is 3.99. The molecule has 0 amide bonds. The molecule has 0 heterocycles. The summed E-state index contributed by atoms with van der Waals surface area (Å²) < 4.78 is 33.1. The quantitative estimate of drug-likeness (QED) is 0.0264. The number of phosphoric acid groups is 1. The molecule has 9 nitrogen and oxygen atoms in total. The van der Waals surface area contributed by atoms with Crippen LogP contribution in [0.25, 0.3) is 0 Å². The van der Waals surface area contributed by atoms with Gasteiger partial charge in [0, 0.05) is 19.4 Å². The third kappa shape index (κ3) is 64.7. The topological polar surface area (TPSA) is 134 Å². The number of unbranched alkanes of at least 4 members (excludes halogenated alkanes) is 19. The highest BCUT2D eigenvalue weighted by Crippen LogP contribution is 2.43. The molecule has 2 unspecified atom stereocenters. The first-order valence-corrected chi connectivity index (χ1v) is 33.5. The number of carbonyl (C=O) groups excluding carboxylic acids is 2. The molecule has 0 bridgehead atoms. The zero-order chi connectivity index (χ0) is 58.7. The minimum absolute atomic E-state index is 0.0437. The number of ether oxygens (including phenoxy) is 2. The van der Waals surface area contributed by atoms with Gasteiger partial charge in [-0.3, -0.25) is 18.6 Å². The summed E-state index contributed by atoms with van der Waals surface area (Å²) in [7, 11) is -4.40. The number of allylic oxidation sites excluding steroid dienone is 26. The summed E-state index contributed by atoms with van der Waals surface area (Å²) in [6, 6.07) is 0. The van der Waals surface area contributed by atoms with E-state index in [0.29, 0.717) is 12.8 Å². The van der Waals surface area contributed by atoms with Gasteiger partial charge in [-0.15, -0.1) is 0 Å². The first-order chi connectivity index (χ1) is 39.8. The van der Waals surface area contributed by atoms with Crippen molar-refractivity contribution in [2.24, 2.45) is 5.73 Å². The Morgan fingerprint density at radius 2 is 0.642 bits per heavy atom. The van der Waals surface area contributed by atoms with Gasteiger partial charge in [0.1, 0.15) is 6.61 Å². The fourth-order valence-electron chi connectivity index (χ4n) is 8.27. The highest BCUT2D eigenvalue weighted by atomic mass is 31.2. The van der Waals surface area contributed by atoms with Crippen LogP contribution in [0, 0.1) is 0 Å². The van der Waals surface area contributed by atoms with Crippen LogP contribution >= 0.6 is 7.82 Å². The van der Waals surface area contributed by atoms with Gasteiger partial charge in [-0.1, -0.05) is 268 Å². The lowest BCUT2D eigenvalue weighted by atomic mass is 10.0. The molecule has 0 saturated carbocycles. The SMILES string of the molecule is CC/C=C\C/C=C\C/C=C\C/C=C\C/C=C\C/C=C\C/C=C\C/C=C\CCCCCCCCCCCCCCC(=O)OC(COC(=O)CCCCCCCCC/C=C\C/C=C\C/C=C\C/C=C\C/C=C\CC)COP(=O)(O)OCCN. The highest BCUT2D eigenvalue weighted by Gasteiger charge is 2.26. The van der Waals surface area contributed by atoms with E-state index in [1.165, 1.54) is 70.6 Å². The molecule has 0 aromatic carbocycles. The highest BCUT2D eigenvalue weighted by molar-refractivity contribution is 7.47. The monoisotopic (exact) mass is 1140 g/mol. The second-order valence-electron chi connectivity index (χ2n) is 20.5. The van der Waals surface area contributed by atoms with Crippen molar-refractivity contribution in [3.8, 4) is 0 Å². The van der Waals surface area contributed by atoms with Crippen LogP contribution in [0.15, 0.2) is 158 Å². The number of hydrogen-bond donors (Lipinski definition) is 2. The number of hydrogen-bond acceptors (Lipinski definition) is 8. The Morgan fingerprint density at radius 3 is 0.951 bits per heavy atom. The maximum absolute atomic E-state index is 12.7. The molecule has 0 rings (SSSR count). The van der Waals surface area contributed by atoms with Crippen LogP contribution in [-0.2, 0) is 32.7 Å². The van der Waals surface area contributed by atoms with Gasteiger partial charge in [-0.05, 0) is 122 Å². The third-order valence-corrected chi connectivity index (χ3v) is 13.9. The summed E-state index contributed by atoms with van der Waals surface area (Å²) in [6.45, 7) is 3.49. The summed E-state index contributed by atoms with van der Waals surface area (Å²) in [5.74, 6) is -0.850. The minimum atomic E-state index is -4.40. The lowest BCUT2D eigenvalue weighted by molar-refractivity contribution is -0.161. The second-order valence-corrected chi connectivity index (χ2v) is 22.0. The Labute approximate surface area is 496 Å². The number of phosphoric ester groups is 1. The molecule has 0 aliphatic rings. The summed E-state index contributed by atoms with van der Waals surface area (Å²) in [5.41, 5.74) is 5.39. The fraction of sp³-hybridized carbons (Fsp3) is 0.606. The molecule has 0 aromatic rings. The van der Waals surface area contributed by atoms with E-state index >= 15 is 0 Å². The summed E-state index contributed by atoms with van der Waals surface area (Å²) in [4.78, 5) is 35.3. The summed E-state index contributed by atoms with van der Waals surface area (Å²) >= 11 is 0. The first-order valence-electron chi connectivity index (χ1n) is 32.0. The van der Waals surface area contributed by atoms with E-state index in [9.17, 15) is 19.0 Å². The van der Waals surface area contributed by atoms with Gasteiger partial charge in [0.05, 0.1) is 13.2 Å². The van der Waals surface area contributed by atoms with Gasteiger partial charge < -0.3 is 20.1 Å². The van der Waals surface area contributed by atoms with Crippen molar-refractivity contribution in [2.45, 2.75) is 251 Å². The number of nitrogens with two attached hydrogens (primary N) is 1. The smallest absolute Gasteiger partial charge is 0.462 e. The number of esters is 2. The van der Waals surface area contributed by atoms with E-state index in [2.05, 4.69) is 172 Å².